The van der Waals surface area contributed by atoms with E-state index in [1.165, 1.54) is 12.1 Å². The summed E-state index contributed by atoms with van der Waals surface area (Å²) in [6, 6.07) is 11.8. The Bertz CT molecular complexity index is 1040. The average molecular weight is 389 g/mol. The van der Waals surface area contributed by atoms with E-state index in [0.29, 0.717) is 35.1 Å². The lowest BCUT2D eigenvalue weighted by Crippen LogP contribution is -2.23. The van der Waals surface area contributed by atoms with Crippen molar-refractivity contribution < 1.29 is 18.0 Å². The zero-order valence-electron chi connectivity index (χ0n) is 14.8. The lowest BCUT2D eigenvalue weighted by Gasteiger charge is -2.09. The van der Waals surface area contributed by atoms with Crippen LogP contribution in [0.3, 0.4) is 0 Å². The zero-order valence-corrected chi connectivity index (χ0v) is 14.8. The summed E-state index contributed by atoms with van der Waals surface area (Å²) in [6.45, 7) is 0.0216. The van der Waals surface area contributed by atoms with Crippen LogP contribution in [-0.2, 0) is 23.9 Å². The summed E-state index contributed by atoms with van der Waals surface area (Å²) < 4.78 is 38.1. The number of nitrogens with zero attached hydrogens (tertiary/aromatic N) is 1. The maximum atomic E-state index is 12.7. The predicted molar refractivity (Wildman–Crippen MR) is 98.6 cm³/mol. The minimum atomic E-state index is -4.41. The Balaban J connectivity index is 1.51. The van der Waals surface area contributed by atoms with Crippen molar-refractivity contribution >= 4 is 16.8 Å². The van der Waals surface area contributed by atoms with Crippen LogP contribution in [0.25, 0.3) is 10.9 Å². The Morgan fingerprint density at radius 3 is 2.68 bits per heavy atom. The minimum absolute atomic E-state index is 0.0216. The summed E-state index contributed by atoms with van der Waals surface area (Å²) in [5, 5.41) is 3.11. The molecule has 0 bridgehead atoms. The second-order valence-electron chi connectivity index (χ2n) is 6.36. The van der Waals surface area contributed by atoms with Gasteiger partial charge in [0, 0.05) is 19.4 Å². The van der Waals surface area contributed by atoms with E-state index < -0.39 is 11.7 Å². The lowest BCUT2D eigenvalue weighted by molar-refractivity contribution is -0.137. The molecule has 0 saturated carbocycles. The van der Waals surface area contributed by atoms with Gasteiger partial charge in [-0.1, -0.05) is 24.3 Å². The molecule has 0 aliphatic heterocycles. The Hall–Kier alpha value is -3.16. The molecule has 0 saturated heterocycles. The molecule has 0 spiro atoms. The first-order valence-electron chi connectivity index (χ1n) is 8.74. The molecule has 0 atom stereocenters. The van der Waals surface area contributed by atoms with Crippen molar-refractivity contribution in [2.24, 2.45) is 0 Å². The molecule has 1 aromatic heterocycles. The zero-order chi connectivity index (χ0) is 20.1. The molecule has 0 radical (unpaired) electrons. The first kappa shape index (κ1) is 19.6. The van der Waals surface area contributed by atoms with Gasteiger partial charge < -0.3 is 10.3 Å². The van der Waals surface area contributed by atoms with E-state index in [2.05, 4.69) is 15.3 Å². The molecule has 3 aromatic rings. The molecule has 1 amide bonds. The lowest BCUT2D eigenvalue weighted by atomic mass is 10.1. The highest BCUT2D eigenvalue weighted by Gasteiger charge is 2.30. The van der Waals surface area contributed by atoms with Crippen molar-refractivity contribution in [3.8, 4) is 0 Å². The number of aromatic amines is 1. The summed E-state index contributed by atoms with van der Waals surface area (Å²) in [7, 11) is 0. The molecule has 3 rings (SSSR count). The Labute approximate surface area is 158 Å². The number of hydrogen-bond donors (Lipinski definition) is 2. The number of para-hydroxylation sites is 1. The quantitative estimate of drug-likeness (QED) is 0.677. The number of amides is 1. The van der Waals surface area contributed by atoms with Crippen molar-refractivity contribution in [3.63, 3.8) is 0 Å². The van der Waals surface area contributed by atoms with E-state index in [4.69, 9.17) is 0 Å². The second kappa shape index (κ2) is 8.24. The van der Waals surface area contributed by atoms with Gasteiger partial charge in [0.1, 0.15) is 5.82 Å². The van der Waals surface area contributed by atoms with E-state index in [1.807, 2.05) is 0 Å². The largest absolute Gasteiger partial charge is 0.416 e. The number of benzene rings is 2. The highest BCUT2D eigenvalue weighted by atomic mass is 19.4. The van der Waals surface area contributed by atoms with Crippen molar-refractivity contribution in [2.45, 2.75) is 32.0 Å². The van der Waals surface area contributed by atoms with Crippen LogP contribution < -0.4 is 10.9 Å². The van der Waals surface area contributed by atoms with Gasteiger partial charge in [0.15, 0.2) is 0 Å². The van der Waals surface area contributed by atoms with Gasteiger partial charge in [-0.15, -0.1) is 0 Å². The maximum absolute atomic E-state index is 12.7. The highest BCUT2D eigenvalue weighted by molar-refractivity contribution is 5.77. The number of halogens is 3. The van der Waals surface area contributed by atoms with Gasteiger partial charge in [-0.25, -0.2) is 4.98 Å². The fourth-order valence-corrected chi connectivity index (χ4v) is 2.82. The Morgan fingerprint density at radius 2 is 1.89 bits per heavy atom. The fraction of sp³-hybridized carbons (Fsp3) is 0.250. The van der Waals surface area contributed by atoms with Crippen LogP contribution >= 0.6 is 0 Å². The molecule has 5 nitrogen and oxygen atoms in total. The van der Waals surface area contributed by atoms with Crippen LogP contribution in [0.2, 0.25) is 0 Å². The smallest absolute Gasteiger partial charge is 0.352 e. The highest BCUT2D eigenvalue weighted by Crippen LogP contribution is 2.29. The van der Waals surface area contributed by atoms with Gasteiger partial charge in [-0.3, -0.25) is 9.59 Å². The van der Waals surface area contributed by atoms with Gasteiger partial charge in [-0.2, -0.15) is 13.2 Å². The molecule has 2 aromatic carbocycles. The number of alkyl halides is 3. The third-order valence-corrected chi connectivity index (χ3v) is 4.22. The van der Waals surface area contributed by atoms with E-state index in [0.717, 1.165) is 12.1 Å². The van der Waals surface area contributed by atoms with Crippen molar-refractivity contribution in [1.29, 1.82) is 0 Å². The predicted octanol–water partition coefficient (Wildman–Crippen LogP) is 3.58. The number of aryl methyl sites for hydroxylation is 1. The molecule has 28 heavy (non-hydrogen) atoms. The van der Waals surface area contributed by atoms with E-state index >= 15 is 0 Å². The number of H-pyrrole nitrogens is 1. The van der Waals surface area contributed by atoms with Crippen molar-refractivity contribution in [1.82, 2.24) is 15.3 Å². The molecular formula is C20H18F3N3O2. The first-order valence-corrected chi connectivity index (χ1v) is 8.74. The van der Waals surface area contributed by atoms with Crippen LogP contribution in [0.5, 0.6) is 0 Å². The topological polar surface area (TPSA) is 74.8 Å². The second-order valence-corrected chi connectivity index (χ2v) is 6.36. The molecule has 2 N–H and O–H groups in total. The Morgan fingerprint density at radius 1 is 1.11 bits per heavy atom. The third-order valence-electron chi connectivity index (χ3n) is 4.22. The average Bonchev–Trinajstić information content (AvgIpc) is 2.66. The summed E-state index contributed by atoms with van der Waals surface area (Å²) in [6.07, 6.45) is -3.37. The summed E-state index contributed by atoms with van der Waals surface area (Å²) in [5.74, 6) is 0.218. The molecule has 0 unspecified atom stereocenters. The maximum Gasteiger partial charge on any atom is 0.416 e. The van der Waals surface area contributed by atoms with Crippen LogP contribution in [0.1, 0.15) is 29.8 Å². The molecule has 146 valence electrons. The molecular weight excluding hydrogens is 371 g/mol. The summed E-state index contributed by atoms with van der Waals surface area (Å²) >= 11 is 0. The van der Waals surface area contributed by atoms with Crippen LogP contribution in [0, 0.1) is 0 Å². The van der Waals surface area contributed by atoms with Crippen molar-refractivity contribution in [3.05, 3.63) is 75.8 Å². The van der Waals surface area contributed by atoms with Gasteiger partial charge in [0.05, 0.1) is 16.5 Å². The molecule has 0 aliphatic carbocycles. The number of aromatic nitrogens is 2. The minimum Gasteiger partial charge on any atom is -0.352 e. The van der Waals surface area contributed by atoms with Crippen molar-refractivity contribution in [2.75, 3.05) is 0 Å². The van der Waals surface area contributed by atoms with E-state index in [-0.39, 0.29) is 24.4 Å². The van der Waals surface area contributed by atoms with Gasteiger partial charge >= 0.3 is 6.18 Å². The summed E-state index contributed by atoms with van der Waals surface area (Å²) in [5.41, 5.74) is -0.000807. The number of carbonyl (C=O) groups excluding carboxylic acids is 1. The number of fused-ring (bicyclic) bond motifs is 1. The SMILES string of the molecule is O=C(CCCc1nc2ccccc2c(=O)[nH]1)NCc1cccc(C(F)(F)F)c1. The number of carbonyl (C=O) groups is 1. The summed E-state index contributed by atoms with van der Waals surface area (Å²) in [4.78, 5) is 31.0. The van der Waals surface area contributed by atoms with Gasteiger partial charge in [0.25, 0.3) is 5.56 Å². The molecule has 0 fully saturated rings. The van der Waals surface area contributed by atoms with Gasteiger partial charge in [-0.05, 0) is 36.2 Å². The van der Waals surface area contributed by atoms with E-state index in [1.54, 1.807) is 24.3 Å². The van der Waals surface area contributed by atoms with Crippen LogP contribution in [-0.4, -0.2) is 15.9 Å². The first-order chi connectivity index (χ1) is 13.3. The number of nitrogens with one attached hydrogen (secondary N) is 2. The number of hydrogen-bond acceptors (Lipinski definition) is 3. The number of rotatable bonds is 6. The molecule has 1 heterocycles. The molecule has 8 heteroatoms. The van der Waals surface area contributed by atoms with Crippen LogP contribution in [0.4, 0.5) is 13.2 Å². The van der Waals surface area contributed by atoms with E-state index in [9.17, 15) is 22.8 Å². The van der Waals surface area contributed by atoms with Gasteiger partial charge in [0.2, 0.25) is 5.91 Å². The Kier molecular flexibility index (Phi) is 5.77. The fourth-order valence-electron chi connectivity index (χ4n) is 2.82. The third kappa shape index (κ3) is 4.97. The monoisotopic (exact) mass is 389 g/mol. The molecule has 0 aliphatic rings. The standard InChI is InChI=1S/C20H18F3N3O2/c21-20(22,23)14-6-3-5-13(11-14)12-24-18(27)10-4-9-17-25-16-8-2-1-7-15(16)19(28)26-17/h1-3,5-8,11H,4,9-10,12H2,(H,24,27)(H,25,26,28). The normalized spacial score (nSPS) is 11.5. The van der Waals surface area contributed by atoms with Crippen LogP contribution in [0.15, 0.2) is 53.3 Å².